The highest BCUT2D eigenvalue weighted by atomic mass is 16.5. The number of carbonyl (C=O) groups is 1. The summed E-state index contributed by atoms with van der Waals surface area (Å²) in [5, 5.41) is 15.8. The molecule has 0 spiro atoms. The Morgan fingerprint density at radius 3 is 3.17 bits per heavy atom. The predicted molar refractivity (Wildman–Crippen MR) is 38.0 cm³/mol. The van der Waals surface area contributed by atoms with E-state index in [-0.39, 0.29) is 13.2 Å². The Hall–Kier alpha value is -1.43. The van der Waals surface area contributed by atoms with Gasteiger partial charge in [-0.15, -0.1) is 10.2 Å². The lowest BCUT2D eigenvalue weighted by atomic mass is 10.5. The normalized spacial score (nSPS) is 9.83. The fourth-order valence-electron chi connectivity index (χ4n) is 0.737. The number of rotatable bonds is 3. The van der Waals surface area contributed by atoms with Gasteiger partial charge in [0, 0.05) is 0 Å². The molecule has 12 heavy (non-hydrogen) atoms. The van der Waals surface area contributed by atoms with Crippen LogP contribution in [0.1, 0.15) is 5.82 Å². The number of ether oxygens (including phenoxy) is 1. The lowest BCUT2D eigenvalue weighted by Crippen LogP contribution is -2.13. The first-order valence-corrected chi connectivity index (χ1v) is 3.32. The van der Waals surface area contributed by atoms with Crippen LogP contribution in [0.4, 0.5) is 0 Å². The standard InChI is InChI=1S/C6H9N3O3/c1-12-6(11)2-9-4-7-8-5(9)3-10/h4,10H,2-3H2,1H3. The summed E-state index contributed by atoms with van der Waals surface area (Å²) in [7, 11) is 1.30. The highest BCUT2D eigenvalue weighted by molar-refractivity contribution is 5.68. The van der Waals surface area contributed by atoms with E-state index in [2.05, 4.69) is 14.9 Å². The van der Waals surface area contributed by atoms with E-state index < -0.39 is 5.97 Å². The molecule has 0 aliphatic rings. The summed E-state index contributed by atoms with van der Waals surface area (Å²) in [6, 6.07) is 0. The van der Waals surface area contributed by atoms with Gasteiger partial charge in [-0.2, -0.15) is 0 Å². The van der Waals surface area contributed by atoms with Crippen LogP contribution >= 0.6 is 0 Å². The van der Waals surface area contributed by atoms with Crippen molar-refractivity contribution in [3.8, 4) is 0 Å². The molecule has 0 atom stereocenters. The summed E-state index contributed by atoms with van der Waals surface area (Å²) in [5.41, 5.74) is 0. The molecule has 0 aliphatic carbocycles. The van der Waals surface area contributed by atoms with Gasteiger partial charge in [0.2, 0.25) is 0 Å². The Kier molecular flexibility index (Phi) is 2.76. The number of aliphatic hydroxyl groups is 1. The molecule has 0 amide bonds. The Labute approximate surface area is 68.8 Å². The van der Waals surface area contributed by atoms with Gasteiger partial charge in [-0.3, -0.25) is 4.79 Å². The van der Waals surface area contributed by atoms with Gasteiger partial charge in [-0.1, -0.05) is 0 Å². The number of hydrogen-bond acceptors (Lipinski definition) is 5. The van der Waals surface area contributed by atoms with Gasteiger partial charge in [0.15, 0.2) is 5.82 Å². The quantitative estimate of drug-likeness (QED) is 0.587. The van der Waals surface area contributed by atoms with Crippen molar-refractivity contribution in [3.05, 3.63) is 12.2 Å². The van der Waals surface area contributed by atoms with E-state index in [1.54, 1.807) is 0 Å². The zero-order valence-corrected chi connectivity index (χ0v) is 6.60. The average Bonchev–Trinajstić information content (AvgIpc) is 2.51. The largest absolute Gasteiger partial charge is 0.468 e. The number of nitrogens with zero attached hydrogens (tertiary/aromatic N) is 3. The van der Waals surface area contributed by atoms with Crippen molar-refractivity contribution in [3.63, 3.8) is 0 Å². The van der Waals surface area contributed by atoms with Gasteiger partial charge in [0.05, 0.1) is 7.11 Å². The number of methoxy groups -OCH3 is 1. The lowest BCUT2D eigenvalue weighted by Gasteiger charge is -2.01. The third-order valence-electron chi connectivity index (χ3n) is 1.36. The van der Waals surface area contributed by atoms with Crippen LogP contribution in [0.3, 0.4) is 0 Å². The molecule has 0 radical (unpaired) electrons. The first-order valence-electron chi connectivity index (χ1n) is 3.32. The van der Waals surface area contributed by atoms with Crippen molar-refractivity contribution >= 4 is 5.97 Å². The highest BCUT2D eigenvalue weighted by Crippen LogP contribution is 1.94. The van der Waals surface area contributed by atoms with Crippen LogP contribution in [-0.2, 0) is 22.7 Å². The van der Waals surface area contributed by atoms with Crippen molar-refractivity contribution in [1.29, 1.82) is 0 Å². The summed E-state index contributed by atoms with van der Waals surface area (Å²) in [5.74, 6) is -0.0510. The van der Waals surface area contributed by atoms with Crippen LogP contribution < -0.4 is 0 Å². The smallest absolute Gasteiger partial charge is 0.325 e. The molecule has 1 heterocycles. The summed E-state index contributed by atoms with van der Waals surface area (Å²) in [6.45, 7) is -0.212. The van der Waals surface area contributed by atoms with E-state index in [0.29, 0.717) is 5.82 Å². The summed E-state index contributed by atoms with van der Waals surface area (Å²) < 4.78 is 5.85. The second-order valence-electron chi connectivity index (χ2n) is 2.11. The van der Waals surface area contributed by atoms with Crippen molar-refractivity contribution in [2.24, 2.45) is 0 Å². The number of hydrogen-bond donors (Lipinski definition) is 1. The highest BCUT2D eigenvalue weighted by Gasteiger charge is 2.06. The van der Waals surface area contributed by atoms with Crippen LogP contribution in [0.5, 0.6) is 0 Å². The van der Waals surface area contributed by atoms with Crippen molar-refractivity contribution in [1.82, 2.24) is 14.8 Å². The molecule has 0 saturated carbocycles. The molecule has 1 rings (SSSR count). The molecule has 1 aromatic rings. The minimum absolute atomic E-state index is 0.0272. The third kappa shape index (κ3) is 1.79. The van der Waals surface area contributed by atoms with Crippen molar-refractivity contribution in [2.75, 3.05) is 7.11 Å². The van der Waals surface area contributed by atoms with Crippen LogP contribution in [0, 0.1) is 0 Å². The van der Waals surface area contributed by atoms with Gasteiger partial charge in [-0.05, 0) is 0 Å². The first kappa shape index (κ1) is 8.66. The first-order chi connectivity index (χ1) is 5.77. The summed E-state index contributed by atoms with van der Waals surface area (Å²) in [6.07, 6.45) is 1.36. The molecule has 1 aromatic heterocycles. The Morgan fingerprint density at radius 2 is 2.58 bits per heavy atom. The van der Waals surface area contributed by atoms with E-state index >= 15 is 0 Å². The molecule has 1 N–H and O–H groups in total. The Morgan fingerprint density at radius 1 is 1.83 bits per heavy atom. The molecule has 66 valence electrons. The maximum Gasteiger partial charge on any atom is 0.325 e. The van der Waals surface area contributed by atoms with Gasteiger partial charge < -0.3 is 14.4 Å². The van der Waals surface area contributed by atoms with Gasteiger partial charge >= 0.3 is 5.97 Å². The number of aliphatic hydroxyl groups excluding tert-OH is 1. The van der Waals surface area contributed by atoms with Crippen LogP contribution in [0.25, 0.3) is 0 Å². The Balaban J connectivity index is 2.68. The molecule has 0 fully saturated rings. The van der Waals surface area contributed by atoms with Crippen LogP contribution in [-0.4, -0.2) is 33.0 Å². The Bertz CT molecular complexity index is 271. The van der Waals surface area contributed by atoms with Crippen LogP contribution in [0.15, 0.2) is 6.33 Å². The van der Waals surface area contributed by atoms with E-state index in [0.717, 1.165) is 0 Å². The maximum absolute atomic E-state index is 10.8. The lowest BCUT2D eigenvalue weighted by molar-refractivity contribution is -0.141. The average molecular weight is 171 g/mol. The molecule has 6 heteroatoms. The van der Waals surface area contributed by atoms with E-state index in [4.69, 9.17) is 5.11 Å². The predicted octanol–water partition coefficient (Wildman–Crippen LogP) is -1.06. The minimum atomic E-state index is -0.399. The molecule has 6 nitrogen and oxygen atoms in total. The molecule has 0 aliphatic heterocycles. The number of carbonyl (C=O) groups excluding carboxylic acids is 1. The van der Waals surface area contributed by atoms with Gasteiger partial charge in [-0.25, -0.2) is 0 Å². The summed E-state index contributed by atoms with van der Waals surface area (Å²) in [4.78, 5) is 10.8. The van der Waals surface area contributed by atoms with Gasteiger partial charge in [0.1, 0.15) is 19.5 Å². The molecular formula is C6H9N3O3. The van der Waals surface area contributed by atoms with E-state index in [1.807, 2.05) is 0 Å². The minimum Gasteiger partial charge on any atom is -0.468 e. The van der Waals surface area contributed by atoms with E-state index in [9.17, 15) is 4.79 Å². The molecule has 0 aromatic carbocycles. The molecular weight excluding hydrogens is 162 g/mol. The fourth-order valence-corrected chi connectivity index (χ4v) is 0.737. The summed E-state index contributed by atoms with van der Waals surface area (Å²) >= 11 is 0. The third-order valence-corrected chi connectivity index (χ3v) is 1.36. The zero-order valence-electron chi connectivity index (χ0n) is 6.60. The van der Waals surface area contributed by atoms with Gasteiger partial charge in [0.25, 0.3) is 0 Å². The van der Waals surface area contributed by atoms with Crippen LogP contribution in [0.2, 0.25) is 0 Å². The zero-order chi connectivity index (χ0) is 8.97. The fraction of sp³-hybridized carbons (Fsp3) is 0.500. The SMILES string of the molecule is COC(=O)Cn1cnnc1CO. The number of aromatic nitrogens is 3. The van der Waals surface area contributed by atoms with E-state index in [1.165, 1.54) is 18.0 Å². The second-order valence-corrected chi connectivity index (χ2v) is 2.11. The maximum atomic E-state index is 10.8. The molecule has 0 unspecified atom stereocenters. The monoisotopic (exact) mass is 171 g/mol. The number of esters is 1. The second kappa shape index (κ2) is 3.82. The topological polar surface area (TPSA) is 77.2 Å². The molecule has 0 saturated heterocycles. The van der Waals surface area contributed by atoms with Crippen molar-refractivity contribution < 1.29 is 14.6 Å². The molecule has 0 bridgehead atoms. The van der Waals surface area contributed by atoms with Crippen molar-refractivity contribution in [2.45, 2.75) is 13.2 Å².